The van der Waals surface area contributed by atoms with Gasteiger partial charge in [-0.25, -0.2) is 0 Å². The van der Waals surface area contributed by atoms with E-state index in [2.05, 4.69) is 49.5 Å². The topological polar surface area (TPSA) is 34.1 Å². The Hall–Kier alpha value is 0.0200. The van der Waals surface area contributed by atoms with Crippen molar-refractivity contribution in [1.82, 2.24) is 0 Å². The number of benzene rings is 1. The van der Waals surface area contributed by atoms with E-state index in [9.17, 15) is 9.13 Å². The first-order chi connectivity index (χ1) is 10.1. The van der Waals surface area contributed by atoms with Crippen molar-refractivity contribution in [2.24, 2.45) is 0 Å². The predicted molar refractivity (Wildman–Crippen MR) is 102 cm³/mol. The van der Waals surface area contributed by atoms with E-state index in [4.69, 9.17) is 0 Å². The maximum Gasteiger partial charge on any atom is -0.147 e. The Labute approximate surface area is 155 Å². The Morgan fingerprint density at radius 1 is 1.17 bits per heavy atom. The molecular weight excluding hydrogens is 445 g/mol. The van der Waals surface area contributed by atoms with Crippen LogP contribution in [0.4, 0.5) is 0 Å². The number of fused-ring (bicyclic) bond motifs is 1. The Kier molecular flexibility index (Phi) is 7.70. The zero-order chi connectivity index (χ0) is 15.0. The third kappa shape index (κ3) is 3.39. The van der Waals surface area contributed by atoms with Crippen LogP contribution >= 0.6 is 29.8 Å². The minimum atomic E-state index is -3.47. The van der Waals surface area contributed by atoms with Crippen molar-refractivity contribution in [3.05, 3.63) is 63.0 Å². The van der Waals surface area contributed by atoms with E-state index in [-0.39, 0.29) is 28.4 Å². The fraction of sp³-hybridized carbons (Fsp3) is 0.250. The van der Waals surface area contributed by atoms with Gasteiger partial charge in [-0.3, -0.25) is 0 Å². The smallest absolute Gasteiger partial charge is 0.147 e. The van der Waals surface area contributed by atoms with Crippen LogP contribution in [0.5, 0.6) is 0 Å². The Balaban J connectivity index is 0.00000132. The van der Waals surface area contributed by atoms with Crippen molar-refractivity contribution in [2.45, 2.75) is 23.1 Å². The van der Waals surface area contributed by atoms with E-state index in [1.54, 1.807) is 0 Å². The molecule has 1 aromatic carbocycles. The van der Waals surface area contributed by atoms with Crippen LogP contribution < -0.4 is 0 Å². The molecule has 1 aromatic rings. The van der Waals surface area contributed by atoms with Crippen LogP contribution in [0.2, 0.25) is 13.1 Å². The third-order valence-electron chi connectivity index (χ3n) is 4.74. The van der Waals surface area contributed by atoms with E-state index in [0.29, 0.717) is 0 Å². The van der Waals surface area contributed by atoms with Gasteiger partial charge in [0.05, 0.1) is 0 Å². The fourth-order valence-corrected chi connectivity index (χ4v) is 41.9. The van der Waals surface area contributed by atoms with Crippen molar-refractivity contribution in [3.8, 4) is 0 Å². The van der Waals surface area contributed by atoms with Gasteiger partial charge in [0.2, 0.25) is 0 Å². The molecule has 0 bridgehead atoms. The number of rotatable bonds is 4. The van der Waals surface area contributed by atoms with E-state index >= 15 is 0 Å². The summed E-state index contributed by atoms with van der Waals surface area (Å²) in [7, 11) is 0. The standard InChI is InChI=1S/C9H7.C5H5.C2H7Si.2ClH.O2P.Zr/c1-2-5-9-7-3-6-8(9)4-1;1-2-4-5-3-1;1-3-2;;;1-3-2;/h1-7H;1-3H,4H2;3H,1-2H3;2*1H;;. The first kappa shape index (κ1) is 21.1. The molecule has 0 aliphatic heterocycles. The summed E-state index contributed by atoms with van der Waals surface area (Å²) in [5.74, 6) is -1.29. The van der Waals surface area contributed by atoms with Gasteiger partial charge in [-0.05, 0) is 0 Å². The summed E-state index contributed by atoms with van der Waals surface area (Å²) in [5, 5.41) is 0. The van der Waals surface area contributed by atoms with Crippen molar-refractivity contribution >= 4 is 41.8 Å². The zero-order valence-corrected chi connectivity index (χ0v) is 19.3. The molecule has 0 spiro atoms. The molecule has 0 amide bonds. The third-order valence-corrected chi connectivity index (χ3v) is 52.1. The normalized spacial score (nSPS) is 20.3. The van der Waals surface area contributed by atoms with Crippen LogP contribution in [0.15, 0.2) is 51.9 Å². The first-order valence-electron chi connectivity index (χ1n) is 7.36. The zero-order valence-electron chi connectivity index (χ0n) is 13.1. The molecule has 0 N–H and O–H groups in total. The predicted octanol–water partition coefficient (Wildman–Crippen LogP) is 5.67. The molecule has 2 atom stereocenters. The molecule has 2 aliphatic rings. The van der Waals surface area contributed by atoms with Gasteiger partial charge in [-0.2, -0.15) is 0 Å². The summed E-state index contributed by atoms with van der Waals surface area (Å²) in [6, 6.07) is 8.30. The summed E-state index contributed by atoms with van der Waals surface area (Å²) in [6.07, 6.45) is 11.4. The minimum Gasteiger partial charge on any atom is -0.147 e. The second-order valence-electron chi connectivity index (χ2n) is 6.03. The van der Waals surface area contributed by atoms with Gasteiger partial charge in [0.1, 0.15) is 0 Å². The summed E-state index contributed by atoms with van der Waals surface area (Å²) in [6.45, 7) is 4.49. The second kappa shape index (κ2) is 8.41. The summed E-state index contributed by atoms with van der Waals surface area (Å²) in [5.41, 5.74) is 2.46. The van der Waals surface area contributed by atoms with Crippen molar-refractivity contribution < 1.29 is 28.0 Å². The van der Waals surface area contributed by atoms with Gasteiger partial charge in [0, 0.05) is 0 Å². The maximum absolute atomic E-state index is 12.5. The molecule has 0 aromatic heterocycles. The van der Waals surface area contributed by atoms with Gasteiger partial charge in [0.25, 0.3) is 0 Å². The van der Waals surface area contributed by atoms with Crippen molar-refractivity contribution in [1.29, 1.82) is 0 Å². The van der Waals surface area contributed by atoms with E-state index in [1.807, 2.05) is 18.2 Å². The first-order valence-corrected chi connectivity index (χ1v) is 21.6. The van der Waals surface area contributed by atoms with Crippen molar-refractivity contribution in [2.75, 3.05) is 0 Å². The summed E-state index contributed by atoms with van der Waals surface area (Å²) < 4.78 is 26.5. The van der Waals surface area contributed by atoms with Crippen molar-refractivity contribution in [3.63, 3.8) is 0 Å². The molecule has 3 rings (SSSR count). The molecule has 23 heavy (non-hydrogen) atoms. The summed E-state index contributed by atoms with van der Waals surface area (Å²) in [4.78, 5) is -2.32. The Morgan fingerprint density at radius 3 is 2.43 bits per heavy atom. The molecule has 0 fully saturated rings. The molecule has 0 saturated carbocycles. The number of allylic oxidation sites excluding steroid dienone is 5. The molecule has 2 nitrogen and oxygen atoms in total. The Morgan fingerprint density at radius 2 is 1.87 bits per heavy atom. The van der Waals surface area contributed by atoms with Gasteiger partial charge < -0.3 is 0 Å². The molecular formula is C16H21Cl2O2PSiZr. The maximum atomic E-state index is 12.5. The summed E-state index contributed by atoms with van der Waals surface area (Å²) >= 11 is -3.47. The van der Waals surface area contributed by atoms with Gasteiger partial charge in [-0.1, -0.05) is 0 Å². The largest absolute Gasteiger partial charge is 0.147 e. The SMILES string of the molecule is C[SiH](C)[Zr]([C]1=CC=CC1)([CH]1C=Cc2ccccc21)[P](=O)=O.Cl.Cl. The minimum absolute atomic E-state index is 0. The fourth-order valence-electron chi connectivity index (χ4n) is 3.75. The van der Waals surface area contributed by atoms with Gasteiger partial charge >= 0.3 is 131 Å². The molecule has 2 unspecified atom stereocenters. The van der Waals surface area contributed by atoms with Crippen LogP contribution in [0.1, 0.15) is 21.2 Å². The second-order valence-corrected chi connectivity index (χ2v) is 39.9. The Bertz CT molecular complexity index is 735. The van der Waals surface area contributed by atoms with Crippen LogP contribution in [0.25, 0.3) is 6.08 Å². The monoisotopic (exact) mass is 464 g/mol. The molecule has 0 saturated heterocycles. The van der Waals surface area contributed by atoms with E-state index in [0.717, 1.165) is 6.42 Å². The average Bonchev–Trinajstić information content (AvgIpc) is 3.09. The van der Waals surface area contributed by atoms with E-state index < -0.39 is 29.7 Å². The molecule has 124 valence electrons. The quantitative estimate of drug-likeness (QED) is 0.424. The van der Waals surface area contributed by atoms with Crippen LogP contribution in [0, 0.1) is 0 Å². The van der Waals surface area contributed by atoms with E-state index in [1.165, 1.54) is 14.4 Å². The number of hydrogen-bond acceptors (Lipinski definition) is 2. The number of hydrogen-bond donors (Lipinski definition) is 0. The molecule has 2 aliphatic carbocycles. The van der Waals surface area contributed by atoms with Crippen LogP contribution in [0.3, 0.4) is 0 Å². The molecule has 0 radical (unpaired) electrons. The molecule has 0 heterocycles. The van der Waals surface area contributed by atoms with Crippen LogP contribution in [-0.4, -0.2) is 5.92 Å². The van der Waals surface area contributed by atoms with Crippen LogP contribution in [-0.2, 0) is 28.0 Å². The number of halogens is 2. The van der Waals surface area contributed by atoms with Gasteiger partial charge in [0.15, 0.2) is 0 Å². The average molecular weight is 467 g/mol. The van der Waals surface area contributed by atoms with Gasteiger partial charge in [-0.15, -0.1) is 24.8 Å². The molecule has 7 heteroatoms.